The Balaban J connectivity index is 1.86. The quantitative estimate of drug-likeness (QED) is 0.558. The monoisotopic (exact) mass is 337 g/mol. The largest absolute Gasteiger partial charge is 0.378 e. The zero-order valence-corrected chi connectivity index (χ0v) is 15.6. The highest BCUT2D eigenvalue weighted by Gasteiger charge is 2.53. The van der Waals surface area contributed by atoms with Gasteiger partial charge in [0.25, 0.3) is 0 Å². The Labute approximate surface area is 144 Å². The summed E-state index contributed by atoms with van der Waals surface area (Å²) in [5, 5.41) is 10.7. The topological polar surface area (TPSA) is 84.6 Å². The van der Waals surface area contributed by atoms with E-state index in [0.29, 0.717) is 36.8 Å². The molecular formula is C17H31N5O2. The van der Waals surface area contributed by atoms with Crippen molar-refractivity contribution in [3.63, 3.8) is 0 Å². The lowest BCUT2D eigenvalue weighted by molar-refractivity contribution is -0.133. The summed E-state index contributed by atoms with van der Waals surface area (Å²) >= 11 is 0. The molecule has 0 aromatic carbocycles. The van der Waals surface area contributed by atoms with E-state index in [9.17, 15) is 0 Å². The fourth-order valence-electron chi connectivity index (χ4n) is 3.67. The van der Waals surface area contributed by atoms with Crippen LogP contribution in [0.15, 0.2) is 9.52 Å². The zero-order chi connectivity index (χ0) is 17.6. The van der Waals surface area contributed by atoms with Crippen LogP contribution in [0.1, 0.15) is 51.7 Å². The number of rotatable bonds is 8. The van der Waals surface area contributed by atoms with Gasteiger partial charge in [0.15, 0.2) is 11.8 Å². The summed E-state index contributed by atoms with van der Waals surface area (Å²) < 4.78 is 11.1. The van der Waals surface area contributed by atoms with E-state index < -0.39 is 0 Å². The fourth-order valence-corrected chi connectivity index (χ4v) is 3.67. The van der Waals surface area contributed by atoms with Crippen molar-refractivity contribution in [2.75, 3.05) is 20.2 Å². The van der Waals surface area contributed by atoms with Crippen molar-refractivity contribution in [2.45, 2.75) is 65.5 Å². The highest BCUT2D eigenvalue weighted by Crippen LogP contribution is 2.48. The molecule has 2 unspecified atom stereocenters. The van der Waals surface area contributed by atoms with Crippen LogP contribution in [0.3, 0.4) is 0 Å². The van der Waals surface area contributed by atoms with Gasteiger partial charge in [-0.2, -0.15) is 4.98 Å². The van der Waals surface area contributed by atoms with Crippen molar-refractivity contribution in [3.05, 3.63) is 11.7 Å². The number of aromatic nitrogens is 2. The van der Waals surface area contributed by atoms with Gasteiger partial charge in [-0.15, -0.1) is 0 Å². The Morgan fingerprint density at radius 2 is 2.12 bits per heavy atom. The molecule has 1 heterocycles. The van der Waals surface area contributed by atoms with Crippen LogP contribution in [0.25, 0.3) is 0 Å². The molecule has 2 atom stereocenters. The number of nitrogens with one attached hydrogen (secondary N) is 2. The molecule has 1 aliphatic carbocycles. The number of hydrogen-bond donors (Lipinski definition) is 2. The highest BCUT2D eigenvalue weighted by molar-refractivity contribution is 5.80. The first-order valence-corrected chi connectivity index (χ1v) is 8.97. The van der Waals surface area contributed by atoms with Crippen LogP contribution >= 0.6 is 0 Å². The average molecular weight is 337 g/mol. The third-order valence-electron chi connectivity index (χ3n) is 5.20. The smallest absolute Gasteiger partial charge is 0.228 e. The molecule has 136 valence electrons. The van der Waals surface area contributed by atoms with Crippen LogP contribution in [0.5, 0.6) is 0 Å². The van der Waals surface area contributed by atoms with Gasteiger partial charge in [0.2, 0.25) is 5.89 Å². The van der Waals surface area contributed by atoms with Crippen LogP contribution < -0.4 is 10.6 Å². The van der Waals surface area contributed by atoms with E-state index in [1.165, 1.54) is 0 Å². The molecule has 1 aliphatic rings. The van der Waals surface area contributed by atoms with Gasteiger partial charge in [0.05, 0.1) is 6.10 Å². The predicted octanol–water partition coefficient (Wildman–Crippen LogP) is 2.07. The Morgan fingerprint density at radius 1 is 1.38 bits per heavy atom. The minimum atomic E-state index is 0.192. The summed E-state index contributed by atoms with van der Waals surface area (Å²) in [4.78, 5) is 8.55. The van der Waals surface area contributed by atoms with E-state index in [4.69, 9.17) is 9.26 Å². The lowest BCUT2D eigenvalue weighted by Gasteiger charge is -2.55. The summed E-state index contributed by atoms with van der Waals surface area (Å²) in [6.07, 6.45) is 4.25. The molecule has 1 aromatic heterocycles. The second kappa shape index (κ2) is 8.46. The highest BCUT2D eigenvalue weighted by atomic mass is 16.5. The molecule has 7 heteroatoms. The van der Waals surface area contributed by atoms with Crippen LogP contribution in [-0.2, 0) is 11.2 Å². The van der Waals surface area contributed by atoms with Gasteiger partial charge in [-0.05, 0) is 33.1 Å². The first-order chi connectivity index (χ1) is 11.6. The lowest BCUT2D eigenvalue weighted by Crippen LogP contribution is -2.65. The van der Waals surface area contributed by atoms with Crippen LogP contribution in [0.4, 0.5) is 0 Å². The van der Waals surface area contributed by atoms with E-state index in [-0.39, 0.29) is 5.41 Å². The van der Waals surface area contributed by atoms with E-state index in [0.717, 1.165) is 31.8 Å². The second-order valence-corrected chi connectivity index (χ2v) is 6.30. The Kier molecular flexibility index (Phi) is 6.60. The number of ether oxygens (including phenoxy) is 1. The van der Waals surface area contributed by atoms with E-state index in [2.05, 4.69) is 46.5 Å². The minimum absolute atomic E-state index is 0.192. The maximum absolute atomic E-state index is 5.93. The maximum atomic E-state index is 5.93. The number of aliphatic imine (C=N–C) groups is 1. The molecule has 0 aliphatic heterocycles. The van der Waals surface area contributed by atoms with Crippen molar-refractivity contribution < 1.29 is 9.26 Å². The van der Waals surface area contributed by atoms with Gasteiger partial charge in [0.1, 0.15) is 0 Å². The Hall–Kier alpha value is -1.63. The first-order valence-electron chi connectivity index (χ1n) is 8.97. The van der Waals surface area contributed by atoms with Crippen LogP contribution in [-0.4, -0.2) is 48.4 Å². The third kappa shape index (κ3) is 3.88. The van der Waals surface area contributed by atoms with Gasteiger partial charge in [0, 0.05) is 38.1 Å². The molecule has 0 saturated heterocycles. The van der Waals surface area contributed by atoms with Crippen molar-refractivity contribution in [2.24, 2.45) is 10.4 Å². The van der Waals surface area contributed by atoms with E-state index in [1.807, 2.05) is 6.92 Å². The lowest BCUT2D eigenvalue weighted by atomic mass is 9.58. The van der Waals surface area contributed by atoms with Gasteiger partial charge in [-0.3, -0.25) is 4.99 Å². The van der Waals surface area contributed by atoms with Gasteiger partial charge < -0.3 is 19.9 Å². The van der Waals surface area contributed by atoms with Crippen molar-refractivity contribution >= 4 is 5.96 Å². The molecule has 7 nitrogen and oxygen atoms in total. The molecule has 1 fully saturated rings. The molecule has 24 heavy (non-hydrogen) atoms. The Morgan fingerprint density at radius 3 is 2.67 bits per heavy atom. The van der Waals surface area contributed by atoms with Crippen LogP contribution in [0, 0.1) is 12.3 Å². The molecule has 1 saturated carbocycles. The van der Waals surface area contributed by atoms with Gasteiger partial charge in [-0.1, -0.05) is 19.0 Å². The summed E-state index contributed by atoms with van der Waals surface area (Å²) in [6.45, 7) is 9.86. The minimum Gasteiger partial charge on any atom is -0.378 e. The standard InChI is InChI=1S/C17H31N5O2/c1-6-17(7-2)13(11-14(17)23-8-3)21-16(18-5)19-10-9-15-20-12(4)22-24-15/h13-14H,6-11H2,1-5H3,(H2,18,19,21). The third-order valence-corrected chi connectivity index (χ3v) is 5.20. The number of hydrogen-bond acceptors (Lipinski definition) is 5. The van der Waals surface area contributed by atoms with E-state index >= 15 is 0 Å². The molecular weight excluding hydrogens is 306 g/mol. The normalized spacial score (nSPS) is 23.0. The van der Waals surface area contributed by atoms with Crippen molar-refractivity contribution in [1.82, 2.24) is 20.8 Å². The van der Waals surface area contributed by atoms with Gasteiger partial charge in [-0.25, -0.2) is 0 Å². The molecule has 0 spiro atoms. The summed E-state index contributed by atoms with van der Waals surface area (Å²) in [7, 11) is 1.80. The molecule has 0 bridgehead atoms. The predicted molar refractivity (Wildman–Crippen MR) is 94.1 cm³/mol. The SMILES string of the molecule is CCOC1CC(NC(=NC)NCCc2nc(C)no2)C1(CC)CC. The average Bonchev–Trinajstić information content (AvgIpc) is 2.99. The maximum Gasteiger partial charge on any atom is 0.228 e. The second-order valence-electron chi connectivity index (χ2n) is 6.30. The molecule has 0 amide bonds. The number of aryl methyl sites for hydroxylation is 1. The summed E-state index contributed by atoms with van der Waals surface area (Å²) in [5.41, 5.74) is 0.192. The van der Waals surface area contributed by atoms with Crippen LogP contribution in [0.2, 0.25) is 0 Å². The summed E-state index contributed by atoms with van der Waals surface area (Å²) in [6, 6.07) is 0.390. The van der Waals surface area contributed by atoms with E-state index in [1.54, 1.807) is 7.05 Å². The van der Waals surface area contributed by atoms with Crippen molar-refractivity contribution in [3.8, 4) is 0 Å². The Bertz CT molecular complexity index is 539. The summed E-state index contributed by atoms with van der Waals surface area (Å²) in [5.74, 6) is 2.13. The van der Waals surface area contributed by atoms with Gasteiger partial charge >= 0.3 is 0 Å². The fraction of sp³-hybridized carbons (Fsp3) is 0.824. The molecule has 1 aromatic rings. The zero-order valence-electron chi connectivity index (χ0n) is 15.6. The molecule has 2 rings (SSSR count). The molecule has 2 N–H and O–H groups in total. The molecule has 0 radical (unpaired) electrons. The number of guanidine groups is 1. The van der Waals surface area contributed by atoms with Crippen molar-refractivity contribution in [1.29, 1.82) is 0 Å². The number of nitrogens with zero attached hydrogens (tertiary/aromatic N) is 3. The first kappa shape index (κ1) is 18.7.